The number of carbonyl (C=O) groups is 3. The Balaban J connectivity index is 1.38. The molecular weight excluding hydrogens is 478 g/mol. The van der Waals surface area contributed by atoms with Gasteiger partial charge in [-0.2, -0.15) is 5.06 Å². The van der Waals surface area contributed by atoms with E-state index in [0.717, 1.165) is 21.2 Å². The molecule has 3 aromatic carbocycles. The molecule has 37 heavy (non-hydrogen) atoms. The third-order valence-corrected chi connectivity index (χ3v) is 6.93. The highest BCUT2D eigenvalue weighted by Crippen LogP contribution is 2.29. The Morgan fingerprint density at radius 3 is 2.43 bits per heavy atom. The molecule has 2 heterocycles. The van der Waals surface area contributed by atoms with Crippen LogP contribution in [0.1, 0.15) is 11.1 Å². The van der Waals surface area contributed by atoms with Gasteiger partial charge < -0.3 is 25.1 Å². The molecule has 192 valence electrons. The van der Waals surface area contributed by atoms with E-state index in [1.807, 2.05) is 42.5 Å². The molecule has 2 saturated heterocycles. The van der Waals surface area contributed by atoms with Crippen LogP contribution in [0.2, 0.25) is 0 Å². The first-order valence-electron chi connectivity index (χ1n) is 12.0. The molecule has 3 aromatic rings. The molecular formula is C27H27N3O7. The summed E-state index contributed by atoms with van der Waals surface area (Å²) in [6.45, 7) is -0.443. The predicted octanol–water partition coefficient (Wildman–Crippen LogP) is 1.98. The molecule has 0 bridgehead atoms. The number of fused-ring (bicyclic) bond motifs is 2. The fraction of sp³-hybridized carbons (Fsp3) is 0.296. The monoisotopic (exact) mass is 505 g/mol. The van der Waals surface area contributed by atoms with Crippen molar-refractivity contribution >= 4 is 28.7 Å². The standard InChI is InChI=1S/C27H27N3O7/c31-16-22-25(33)28(13-12-19-6-3-5-18-4-1-2-7-21(18)19)15-24-29(22)26(34)23(37-30(24)27(35)36)14-17-8-10-20(32)11-9-17/h1-11,22-24,31-32H,12-16H2,(H,35,36). The zero-order valence-corrected chi connectivity index (χ0v) is 19.9. The Morgan fingerprint density at radius 2 is 1.70 bits per heavy atom. The first-order chi connectivity index (χ1) is 17.9. The molecule has 2 aliphatic heterocycles. The summed E-state index contributed by atoms with van der Waals surface area (Å²) in [5, 5.41) is 32.4. The van der Waals surface area contributed by atoms with Crippen molar-refractivity contribution in [2.24, 2.45) is 0 Å². The van der Waals surface area contributed by atoms with Gasteiger partial charge in [0.1, 0.15) is 11.8 Å². The maximum atomic E-state index is 13.4. The number of amides is 3. The normalized spacial score (nSPS) is 21.9. The molecule has 3 unspecified atom stereocenters. The van der Waals surface area contributed by atoms with Gasteiger partial charge in [-0.25, -0.2) is 4.79 Å². The van der Waals surface area contributed by atoms with Crippen molar-refractivity contribution < 1.29 is 34.5 Å². The number of phenolic OH excluding ortho intramolecular Hbond substituents is 1. The molecule has 0 spiro atoms. The molecule has 0 aliphatic carbocycles. The van der Waals surface area contributed by atoms with Gasteiger partial charge in [-0.1, -0.05) is 54.6 Å². The van der Waals surface area contributed by atoms with Crippen LogP contribution in [0, 0.1) is 0 Å². The number of phenols is 1. The largest absolute Gasteiger partial charge is 0.508 e. The van der Waals surface area contributed by atoms with Crippen LogP contribution in [0.25, 0.3) is 10.8 Å². The third-order valence-electron chi connectivity index (χ3n) is 6.93. The maximum Gasteiger partial charge on any atom is 0.433 e. The molecule has 0 aromatic heterocycles. The SMILES string of the molecule is O=C1C(CO)N2C(=O)C(Cc3ccc(O)cc3)ON(C(=O)O)C2CN1CCc1cccc2ccccc12. The smallest absolute Gasteiger partial charge is 0.433 e. The molecule has 0 radical (unpaired) electrons. The third kappa shape index (κ3) is 4.68. The van der Waals surface area contributed by atoms with Gasteiger partial charge in [0.05, 0.1) is 13.2 Å². The lowest BCUT2D eigenvalue weighted by atomic mass is 10.0. The number of hydroxylamine groups is 2. The number of carbonyl (C=O) groups excluding carboxylic acids is 2. The molecule has 2 fully saturated rings. The van der Waals surface area contributed by atoms with Gasteiger partial charge >= 0.3 is 6.09 Å². The Bertz CT molecular complexity index is 1320. The number of carboxylic acid groups (broad SMARTS) is 1. The second-order valence-corrected chi connectivity index (χ2v) is 9.17. The average Bonchev–Trinajstić information content (AvgIpc) is 2.90. The topological polar surface area (TPSA) is 131 Å². The number of hydrogen-bond acceptors (Lipinski definition) is 6. The van der Waals surface area contributed by atoms with E-state index >= 15 is 0 Å². The highest BCUT2D eigenvalue weighted by atomic mass is 16.7. The summed E-state index contributed by atoms with van der Waals surface area (Å²) in [5.41, 5.74) is 1.68. The molecule has 3 atom stereocenters. The minimum atomic E-state index is -1.40. The van der Waals surface area contributed by atoms with E-state index in [9.17, 15) is 29.7 Å². The predicted molar refractivity (Wildman–Crippen MR) is 132 cm³/mol. The van der Waals surface area contributed by atoms with Crippen molar-refractivity contribution in [3.63, 3.8) is 0 Å². The van der Waals surface area contributed by atoms with E-state index in [0.29, 0.717) is 17.0 Å². The molecule has 2 aliphatic rings. The second kappa shape index (κ2) is 10.1. The van der Waals surface area contributed by atoms with Gasteiger partial charge in [-0.15, -0.1) is 0 Å². The number of rotatable bonds is 6. The first-order valence-corrected chi connectivity index (χ1v) is 12.0. The lowest BCUT2D eigenvalue weighted by Gasteiger charge is -2.51. The summed E-state index contributed by atoms with van der Waals surface area (Å²) < 4.78 is 0. The minimum Gasteiger partial charge on any atom is -0.508 e. The molecule has 0 saturated carbocycles. The van der Waals surface area contributed by atoms with E-state index in [1.54, 1.807) is 12.1 Å². The van der Waals surface area contributed by atoms with Crippen molar-refractivity contribution in [1.29, 1.82) is 0 Å². The lowest BCUT2D eigenvalue weighted by molar-refractivity contribution is -0.265. The minimum absolute atomic E-state index is 0.0310. The Hall–Kier alpha value is -4.15. The van der Waals surface area contributed by atoms with Gasteiger partial charge in [-0.05, 0) is 40.5 Å². The summed E-state index contributed by atoms with van der Waals surface area (Å²) in [6.07, 6.45) is -3.16. The van der Waals surface area contributed by atoms with Crippen molar-refractivity contribution in [1.82, 2.24) is 14.9 Å². The van der Waals surface area contributed by atoms with E-state index in [4.69, 9.17) is 4.84 Å². The van der Waals surface area contributed by atoms with Crippen molar-refractivity contribution in [2.75, 3.05) is 19.7 Å². The van der Waals surface area contributed by atoms with Crippen LogP contribution < -0.4 is 0 Å². The summed E-state index contributed by atoms with van der Waals surface area (Å²) in [6, 6.07) is 18.7. The quantitative estimate of drug-likeness (QED) is 0.467. The van der Waals surface area contributed by atoms with E-state index in [2.05, 4.69) is 0 Å². The maximum absolute atomic E-state index is 13.4. The van der Waals surface area contributed by atoms with Crippen LogP contribution in [-0.2, 0) is 27.3 Å². The van der Waals surface area contributed by atoms with Gasteiger partial charge in [-0.3, -0.25) is 14.4 Å². The number of hydrogen-bond donors (Lipinski definition) is 3. The van der Waals surface area contributed by atoms with Gasteiger partial charge in [0.2, 0.25) is 5.91 Å². The fourth-order valence-electron chi connectivity index (χ4n) is 5.10. The Kier molecular flexibility index (Phi) is 6.68. The summed E-state index contributed by atoms with van der Waals surface area (Å²) in [5.74, 6) is -0.961. The summed E-state index contributed by atoms with van der Waals surface area (Å²) in [4.78, 5) is 47.1. The highest BCUT2D eigenvalue weighted by Gasteiger charge is 2.52. The van der Waals surface area contributed by atoms with Crippen molar-refractivity contribution in [2.45, 2.75) is 31.2 Å². The fourth-order valence-corrected chi connectivity index (χ4v) is 5.10. The van der Waals surface area contributed by atoms with Gasteiger partial charge in [0.25, 0.3) is 5.91 Å². The molecule has 3 N–H and O–H groups in total. The number of nitrogens with zero attached hydrogens (tertiary/aromatic N) is 3. The zero-order chi connectivity index (χ0) is 26.1. The number of aliphatic hydroxyl groups excluding tert-OH is 1. The number of piperazine rings is 1. The van der Waals surface area contributed by atoms with Crippen LogP contribution >= 0.6 is 0 Å². The number of aliphatic hydroxyl groups is 1. The molecule has 5 rings (SSSR count). The number of aromatic hydroxyl groups is 1. The van der Waals surface area contributed by atoms with Crippen LogP contribution in [0.4, 0.5) is 4.79 Å². The summed E-state index contributed by atoms with van der Waals surface area (Å²) >= 11 is 0. The highest BCUT2D eigenvalue weighted by molar-refractivity contribution is 5.92. The van der Waals surface area contributed by atoms with E-state index in [1.165, 1.54) is 17.0 Å². The second-order valence-electron chi connectivity index (χ2n) is 9.17. The van der Waals surface area contributed by atoms with Crippen LogP contribution in [-0.4, -0.2) is 86.1 Å². The molecule has 10 heteroatoms. The summed E-state index contributed by atoms with van der Waals surface area (Å²) in [7, 11) is 0. The average molecular weight is 506 g/mol. The van der Waals surface area contributed by atoms with Crippen LogP contribution in [0.15, 0.2) is 66.7 Å². The lowest BCUT2D eigenvalue weighted by Crippen LogP contribution is -2.74. The Labute approximate surface area is 212 Å². The van der Waals surface area contributed by atoms with Crippen LogP contribution in [0.5, 0.6) is 5.75 Å². The van der Waals surface area contributed by atoms with Gasteiger partial charge in [0, 0.05) is 13.0 Å². The molecule has 10 nitrogen and oxygen atoms in total. The first kappa shape index (κ1) is 24.5. The van der Waals surface area contributed by atoms with Crippen LogP contribution in [0.3, 0.4) is 0 Å². The van der Waals surface area contributed by atoms with Crippen molar-refractivity contribution in [3.8, 4) is 5.75 Å². The van der Waals surface area contributed by atoms with Crippen molar-refractivity contribution in [3.05, 3.63) is 77.9 Å². The van der Waals surface area contributed by atoms with E-state index < -0.39 is 42.8 Å². The van der Waals surface area contributed by atoms with Gasteiger partial charge in [0.15, 0.2) is 12.3 Å². The zero-order valence-electron chi connectivity index (χ0n) is 19.9. The Morgan fingerprint density at radius 1 is 0.973 bits per heavy atom. The number of benzene rings is 3. The van der Waals surface area contributed by atoms with E-state index in [-0.39, 0.29) is 25.3 Å². The molecule has 3 amide bonds.